The predicted octanol–water partition coefficient (Wildman–Crippen LogP) is 4.70. The molecule has 0 atom stereocenters. The lowest BCUT2D eigenvalue weighted by molar-refractivity contribution is -0.544. The van der Waals surface area contributed by atoms with Gasteiger partial charge in [-0.05, 0) is 60.7 Å². The Morgan fingerprint density at radius 1 is 0.900 bits per heavy atom. The van der Waals surface area contributed by atoms with Crippen LogP contribution in [0.5, 0.6) is 5.75 Å². The van der Waals surface area contributed by atoms with Crippen LogP contribution in [0.3, 0.4) is 0 Å². The van der Waals surface area contributed by atoms with Gasteiger partial charge in [0.2, 0.25) is 5.69 Å². The summed E-state index contributed by atoms with van der Waals surface area (Å²) in [7, 11) is 0. The van der Waals surface area contributed by atoms with Gasteiger partial charge in [-0.15, -0.1) is 0 Å². The first kappa shape index (κ1) is 12.9. The Kier molecular flexibility index (Phi) is 3.05. The van der Waals surface area contributed by atoms with E-state index in [0.717, 1.165) is 22.7 Å². The molecule has 2 aromatic rings. The van der Waals surface area contributed by atoms with E-state index >= 15 is 0 Å². The third-order valence-electron chi connectivity index (χ3n) is 3.46. The van der Waals surface area contributed by atoms with Crippen LogP contribution >= 0.6 is 0 Å². The lowest BCUT2D eigenvalue weighted by Crippen LogP contribution is -2.16. The molecule has 0 N–H and O–H groups in total. The Balaban J connectivity index is 2.10. The maximum Gasteiger partial charge on any atom is 0.317 e. The second-order valence-electron chi connectivity index (χ2n) is 5.55. The molecule has 0 bridgehead atoms. The van der Waals surface area contributed by atoms with Crippen LogP contribution < -0.4 is 4.74 Å². The lowest BCUT2D eigenvalue weighted by Gasteiger charge is -2.14. The van der Waals surface area contributed by atoms with Gasteiger partial charge in [-0.1, -0.05) is 12.1 Å². The van der Waals surface area contributed by atoms with Crippen molar-refractivity contribution in [3.63, 3.8) is 0 Å². The first-order chi connectivity index (χ1) is 9.52. The van der Waals surface area contributed by atoms with Crippen LogP contribution in [-0.4, -0.2) is 11.4 Å². The summed E-state index contributed by atoms with van der Waals surface area (Å²) in [6.45, 7) is 8.80. The molecule has 1 heterocycles. The second kappa shape index (κ2) is 4.75. The van der Waals surface area contributed by atoms with Crippen LogP contribution in [0.15, 0.2) is 35.4 Å². The molecular weight excluding hydrogens is 248 g/mol. The summed E-state index contributed by atoms with van der Waals surface area (Å²) in [6.07, 6.45) is 0. The van der Waals surface area contributed by atoms with E-state index in [0.29, 0.717) is 6.73 Å². The number of azo groups is 2. The highest BCUT2D eigenvalue weighted by Gasteiger charge is 2.23. The van der Waals surface area contributed by atoms with Gasteiger partial charge in [0.25, 0.3) is 0 Å². The average molecular weight is 267 g/mol. The van der Waals surface area contributed by atoms with Crippen LogP contribution in [0.4, 0.5) is 11.4 Å². The van der Waals surface area contributed by atoms with Crippen molar-refractivity contribution in [2.75, 3.05) is 6.73 Å². The molecule has 0 saturated carbocycles. The predicted molar refractivity (Wildman–Crippen MR) is 79.3 cm³/mol. The number of fused-ring (bicyclic) bond motifs is 1. The molecular formula is C17H19N2O+. The van der Waals surface area contributed by atoms with Gasteiger partial charge < -0.3 is 4.74 Å². The molecule has 3 nitrogen and oxygen atoms in total. The second-order valence-corrected chi connectivity index (χ2v) is 5.55. The summed E-state index contributed by atoms with van der Waals surface area (Å²) in [5.41, 5.74) is 6.81. The van der Waals surface area contributed by atoms with Crippen molar-refractivity contribution < 1.29 is 9.43 Å². The normalized spacial score (nSPS) is 13.5. The molecule has 0 spiro atoms. The number of benzene rings is 2. The van der Waals surface area contributed by atoms with Crippen molar-refractivity contribution in [1.29, 1.82) is 0 Å². The highest BCUT2D eigenvalue weighted by Crippen LogP contribution is 2.36. The average Bonchev–Trinajstić information content (AvgIpc) is 2.36. The number of ether oxygens (including phenoxy) is 1. The van der Waals surface area contributed by atoms with E-state index in [1.807, 2.05) is 4.70 Å². The zero-order valence-corrected chi connectivity index (χ0v) is 12.4. The van der Waals surface area contributed by atoms with E-state index in [4.69, 9.17) is 9.85 Å². The minimum absolute atomic E-state index is 0.458. The molecule has 20 heavy (non-hydrogen) atoms. The van der Waals surface area contributed by atoms with Crippen molar-refractivity contribution in [3.8, 4) is 5.75 Å². The number of aryl methyl sites for hydroxylation is 4. The molecule has 3 rings (SSSR count). The van der Waals surface area contributed by atoms with Gasteiger partial charge in [-0.2, -0.15) is 0 Å². The Morgan fingerprint density at radius 3 is 2.25 bits per heavy atom. The minimum atomic E-state index is 0.458. The molecule has 0 fully saturated rings. The highest BCUT2D eigenvalue weighted by atomic mass is 16.5. The van der Waals surface area contributed by atoms with E-state index < -0.39 is 0 Å². The fraction of sp³-hybridized carbons (Fsp3) is 0.294. The Bertz CT molecular complexity index is 697. The number of nitrogens with zero attached hydrogens (tertiary/aromatic N) is 2. The van der Waals surface area contributed by atoms with E-state index in [1.54, 1.807) is 0 Å². The van der Waals surface area contributed by atoms with Crippen molar-refractivity contribution in [3.05, 3.63) is 52.6 Å². The largest absolute Gasteiger partial charge is 0.431 e. The molecule has 1 aliphatic heterocycles. The van der Waals surface area contributed by atoms with Crippen LogP contribution in [0.1, 0.15) is 22.3 Å². The summed E-state index contributed by atoms with van der Waals surface area (Å²) in [6, 6.07) is 10.6. The Labute approximate surface area is 119 Å². The van der Waals surface area contributed by atoms with E-state index in [9.17, 15) is 0 Å². The fourth-order valence-corrected chi connectivity index (χ4v) is 2.71. The zero-order chi connectivity index (χ0) is 14.3. The van der Waals surface area contributed by atoms with Crippen molar-refractivity contribution in [2.45, 2.75) is 27.7 Å². The summed E-state index contributed by atoms with van der Waals surface area (Å²) in [5, 5.41) is 4.73. The first-order valence-corrected chi connectivity index (χ1v) is 6.84. The summed E-state index contributed by atoms with van der Waals surface area (Å²) in [5.74, 6) is 0.899. The Hall–Kier alpha value is -2.16. The lowest BCUT2D eigenvalue weighted by atomic mass is 10.1. The first-order valence-electron chi connectivity index (χ1n) is 6.84. The molecule has 2 aromatic carbocycles. The third kappa shape index (κ3) is 2.31. The van der Waals surface area contributed by atoms with Crippen LogP contribution in [0.2, 0.25) is 0 Å². The zero-order valence-electron chi connectivity index (χ0n) is 12.4. The van der Waals surface area contributed by atoms with Crippen molar-refractivity contribution in [2.24, 2.45) is 5.11 Å². The van der Waals surface area contributed by atoms with Gasteiger partial charge in [-0.3, -0.25) is 0 Å². The molecule has 0 amide bonds. The molecule has 3 heteroatoms. The molecule has 0 aromatic heterocycles. The van der Waals surface area contributed by atoms with Crippen molar-refractivity contribution in [1.82, 2.24) is 0 Å². The molecule has 102 valence electrons. The highest BCUT2D eigenvalue weighted by molar-refractivity contribution is 5.57. The smallest absolute Gasteiger partial charge is 0.317 e. The fourth-order valence-electron chi connectivity index (χ4n) is 2.71. The van der Waals surface area contributed by atoms with Gasteiger partial charge >= 0.3 is 6.73 Å². The molecule has 0 unspecified atom stereocenters. The van der Waals surface area contributed by atoms with Gasteiger partial charge in [-0.25, -0.2) is 0 Å². The van der Waals surface area contributed by atoms with E-state index in [1.165, 1.54) is 16.7 Å². The topological polar surface area (TPSA) is 24.6 Å². The third-order valence-corrected chi connectivity index (χ3v) is 3.46. The van der Waals surface area contributed by atoms with Gasteiger partial charge in [0.15, 0.2) is 11.4 Å². The van der Waals surface area contributed by atoms with Crippen LogP contribution in [0, 0.1) is 27.7 Å². The summed E-state index contributed by atoms with van der Waals surface area (Å²) < 4.78 is 7.81. The molecule has 0 radical (unpaired) electrons. The SMILES string of the molecule is Cc1cc(C)cc([N+]2=Nc3cc(C)cc(C)c3OC2)c1. The van der Waals surface area contributed by atoms with Gasteiger partial charge in [0.05, 0.1) is 0 Å². The maximum absolute atomic E-state index is 5.89. The number of rotatable bonds is 1. The molecule has 0 saturated heterocycles. The summed E-state index contributed by atoms with van der Waals surface area (Å²) >= 11 is 0. The standard InChI is InChI=1S/C17H19N2O/c1-11-5-12(2)8-15(7-11)19-10-20-17-14(4)6-13(3)9-16(17)18-19/h5-9H,10H2,1-4H3/q+1. The maximum atomic E-state index is 5.89. The van der Waals surface area contributed by atoms with Crippen molar-refractivity contribution >= 4 is 11.4 Å². The van der Waals surface area contributed by atoms with Gasteiger partial charge in [0, 0.05) is 17.2 Å². The van der Waals surface area contributed by atoms with Crippen LogP contribution in [-0.2, 0) is 0 Å². The van der Waals surface area contributed by atoms with E-state index in [2.05, 4.69) is 58.0 Å². The molecule has 1 aliphatic rings. The monoisotopic (exact) mass is 267 g/mol. The van der Waals surface area contributed by atoms with Crippen LogP contribution in [0.25, 0.3) is 0 Å². The van der Waals surface area contributed by atoms with E-state index in [-0.39, 0.29) is 0 Å². The number of hydrogen-bond acceptors (Lipinski definition) is 2. The minimum Gasteiger partial charge on any atom is -0.431 e. The molecule has 0 aliphatic carbocycles. The summed E-state index contributed by atoms with van der Waals surface area (Å²) in [4.78, 5) is 0. The number of hydrogen-bond donors (Lipinski definition) is 0. The Morgan fingerprint density at radius 2 is 1.55 bits per heavy atom. The quantitative estimate of drug-likeness (QED) is 0.687. The van der Waals surface area contributed by atoms with Gasteiger partial charge in [0.1, 0.15) is 0 Å².